The number of hydrogen-bond acceptors (Lipinski definition) is 3. The fraction of sp³-hybridized carbons (Fsp3) is 0.350. The van der Waals surface area contributed by atoms with E-state index >= 15 is 0 Å². The van der Waals surface area contributed by atoms with Crippen molar-refractivity contribution in [2.75, 3.05) is 26.7 Å². The molecule has 0 aromatic heterocycles. The molecule has 26 heavy (non-hydrogen) atoms. The summed E-state index contributed by atoms with van der Waals surface area (Å²) >= 11 is 12.1. The zero-order chi connectivity index (χ0) is 18.5. The van der Waals surface area contributed by atoms with Crippen LogP contribution >= 0.6 is 23.2 Å². The standard InChI is InChI=1S/C20H22Cl2N2O2/c1-26-16-6-4-5-14(11-16)19(24-9-2-3-10-24)13-23-20(25)17-8-7-15(21)12-18(17)22/h4-8,11-12,19H,2-3,9-10,13H2,1H3,(H,23,25)/t19-/m0/s1. The maximum atomic E-state index is 12.6. The van der Waals surface area contributed by atoms with Crippen LogP contribution in [0, 0.1) is 0 Å². The number of rotatable bonds is 6. The van der Waals surface area contributed by atoms with E-state index in [1.807, 2.05) is 18.2 Å². The molecule has 6 heteroatoms. The maximum Gasteiger partial charge on any atom is 0.252 e. The van der Waals surface area contributed by atoms with E-state index in [1.54, 1.807) is 25.3 Å². The van der Waals surface area contributed by atoms with Crippen LogP contribution in [0.15, 0.2) is 42.5 Å². The quantitative estimate of drug-likeness (QED) is 0.782. The molecule has 2 aromatic carbocycles. The van der Waals surface area contributed by atoms with Crippen LogP contribution in [-0.2, 0) is 0 Å². The highest BCUT2D eigenvalue weighted by Crippen LogP contribution is 2.27. The van der Waals surface area contributed by atoms with Gasteiger partial charge < -0.3 is 10.1 Å². The molecule has 2 aromatic rings. The number of nitrogens with zero attached hydrogens (tertiary/aromatic N) is 1. The summed E-state index contributed by atoms with van der Waals surface area (Å²) in [5.41, 5.74) is 1.57. The monoisotopic (exact) mass is 392 g/mol. The molecule has 0 saturated carbocycles. The van der Waals surface area contributed by atoms with E-state index in [4.69, 9.17) is 27.9 Å². The van der Waals surface area contributed by atoms with Gasteiger partial charge in [-0.05, 0) is 61.8 Å². The Labute approximate surface area is 164 Å². The molecule has 0 bridgehead atoms. The van der Waals surface area contributed by atoms with E-state index in [9.17, 15) is 4.79 Å². The molecular formula is C20H22Cl2N2O2. The van der Waals surface area contributed by atoms with Gasteiger partial charge in [-0.1, -0.05) is 35.3 Å². The molecule has 1 saturated heterocycles. The zero-order valence-electron chi connectivity index (χ0n) is 14.7. The van der Waals surface area contributed by atoms with Crippen LogP contribution < -0.4 is 10.1 Å². The molecule has 1 amide bonds. The predicted molar refractivity (Wildman–Crippen MR) is 105 cm³/mol. The van der Waals surface area contributed by atoms with Gasteiger partial charge in [-0.15, -0.1) is 0 Å². The van der Waals surface area contributed by atoms with Crippen LogP contribution in [-0.4, -0.2) is 37.6 Å². The Morgan fingerprint density at radius 3 is 2.65 bits per heavy atom. The fourth-order valence-electron chi connectivity index (χ4n) is 3.32. The second kappa shape index (κ2) is 8.76. The molecule has 1 fully saturated rings. The summed E-state index contributed by atoms with van der Waals surface area (Å²) in [6.45, 7) is 2.56. The summed E-state index contributed by atoms with van der Waals surface area (Å²) in [4.78, 5) is 15.0. The molecule has 1 N–H and O–H groups in total. The van der Waals surface area contributed by atoms with Crippen LogP contribution in [0.1, 0.15) is 34.8 Å². The number of nitrogens with one attached hydrogen (secondary N) is 1. The topological polar surface area (TPSA) is 41.6 Å². The number of ether oxygens (including phenoxy) is 1. The summed E-state index contributed by atoms with van der Waals surface area (Å²) in [6.07, 6.45) is 2.36. The van der Waals surface area contributed by atoms with Crippen molar-refractivity contribution < 1.29 is 9.53 Å². The highest BCUT2D eigenvalue weighted by Gasteiger charge is 2.24. The minimum Gasteiger partial charge on any atom is -0.497 e. The van der Waals surface area contributed by atoms with Crippen molar-refractivity contribution in [3.8, 4) is 5.75 Å². The number of carbonyl (C=O) groups is 1. The number of methoxy groups -OCH3 is 1. The van der Waals surface area contributed by atoms with E-state index in [0.717, 1.165) is 24.4 Å². The van der Waals surface area contributed by atoms with Crippen molar-refractivity contribution in [2.24, 2.45) is 0 Å². The lowest BCUT2D eigenvalue weighted by Crippen LogP contribution is -2.36. The molecule has 1 heterocycles. The molecule has 1 aliphatic rings. The molecule has 1 atom stereocenters. The number of hydrogen-bond donors (Lipinski definition) is 1. The summed E-state index contributed by atoms with van der Waals surface area (Å²) in [7, 11) is 1.66. The Bertz CT molecular complexity index is 776. The van der Waals surface area contributed by atoms with E-state index in [-0.39, 0.29) is 11.9 Å². The first kappa shape index (κ1) is 19.0. The van der Waals surface area contributed by atoms with E-state index in [0.29, 0.717) is 22.2 Å². The predicted octanol–water partition coefficient (Wildman–Crippen LogP) is 4.57. The van der Waals surface area contributed by atoms with Gasteiger partial charge in [0, 0.05) is 11.6 Å². The summed E-state index contributed by atoms with van der Waals surface area (Å²) < 4.78 is 5.35. The number of halogens is 2. The first-order chi connectivity index (χ1) is 12.6. The molecule has 4 nitrogen and oxygen atoms in total. The second-order valence-corrected chi connectivity index (χ2v) is 7.21. The van der Waals surface area contributed by atoms with Crippen LogP contribution in [0.5, 0.6) is 5.75 Å². The van der Waals surface area contributed by atoms with Gasteiger partial charge in [0.25, 0.3) is 5.91 Å². The molecule has 1 aliphatic heterocycles. The largest absolute Gasteiger partial charge is 0.497 e. The van der Waals surface area contributed by atoms with Gasteiger partial charge in [0.2, 0.25) is 0 Å². The molecule has 3 rings (SSSR count). The van der Waals surface area contributed by atoms with Crippen LogP contribution in [0.3, 0.4) is 0 Å². The van der Waals surface area contributed by atoms with Crippen molar-refractivity contribution in [1.29, 1.82) is 0 Å². The average molecular weight is 393 g/mol. The van der Waals surface area contributed by atoms with Crippen LogP contribution in [0.2, 0.25) is 10.0 Å². The average Bonchev–Trinajstić information content (AvgIpc) is 3.16. The highest BCUT2D eigenvalue weighted by atomic mass is 35.5. The van der Waals surface area contributed by atoms with Crippen molar-refractivity contribution in [3.05, 3.63) is 63.6 Å². The third-order valence-corrected chi connectivity index (χ3v) is 5.24. The Morgan fingerprint density at radius 1 is 1.19 bits per heavy atom. The smallest absolute Gasteiger partial charge is 0.252 e. The summed E-state index contributed by atoms with van der Waals surface area (Å²) in [6, 6.07) is 13.0. The van der Waals surface area contributed by atoms with Gasteiger partial charge in [0.05, 0.1) is 23.7 Å². The SMILES string of the molecule is COc1cccc([C@H](CNC(=O)c2ccc(Cl)cc2Cl)N2CCCC2)c1. The van der Waals surface area contributed by atoms with E-state index in [1.165, 1.54) is 12.8 Å². The number of benzene rings is 2. The highest BCUT2D eigenvalue weighted by molar-refractivity contribution is 6.36. The van der Waals surface area contributed by atoms with Gasteiger partial charge in [-0.2, -0.15) is 0 Å². The summed E-state index contributed by atoms with van der Waals surface area (Å²) in [5, 5.41) is 3.89. The third kappa shape index (κ3) is 4.50. The molecule has 0 spiro atoms. The Hall–Kier alpha value is -1.75. The normalized spacial score (nSPS) is 15.7. The lowest BCUT2D eigenvalue weighted by molar-refractivity contribution is 0.0938. The van der Waals surface area contributed by atoms with E-state index < -0.39 is 0 Å². The first-order valence-electron chi connectivity index (χ1n) is 8.69. The van der Waals surface area contributed by atoms with Crippen molar-refractivity contribution >= 4 is 29.1 Å². The number of carbonyl (C=O) groups excluding carboxylic acids is 1. The van der Waals surface area contributed by atoms with Gasteiger partial charge in [-0.3, -0.25) is 9.69 Å². The van der Waals surface area contributed by atoms with Gasteiger partial charge >= 0.3 is 0 Å². The first-order valence-corrected chi connectivity index (χ1v) is 9.45. The van der Waals surface area contributed by atoms with E-state index in [2.05, 4.69) is 16.3 Å². The maximum absolute atomic E-state index is 12.6. The number of likely N-dealkylation sites (tertiary alicyclic amines) is 1. The minimum absolute atomic E-state index is 0.0997. The molecule has 138 valence electrons. The molecule has 0 unspecified atom stereocenters. The second-order valence-electron chi connectivity index (χ2n) is 6.37. The Kier molecular flexibility index (Phi) is 6.41. The summed E-state index contributed by atoms with van der Waals surface area (Å²) in [5.74, 6) is 0.623. The van der Waals surface area contributed by atoms with Crippen LogP contribution in [0.4, 0.5) is 0 Å². The van der Waals surface area contributed by atoms with Crippen LogP contribution in [0.25, 0.3) is 0 Å². The van der Waals surface area contributed by atoms with Gasteiger partial charge in [0.1, 0.15) is 5.75 Å². The van der Waals surface area contributed by atoms with Crippen molar-refractivity contribution in [3.63, 3.8) is 0 Å². The lowest BCUT2D eigenvalue weighted by atomic mass is 10.0. The zero-order valence-corrected chi connectivity index (χ0v) is 16.2. The van der Waals surface area contributed by atoms with Crippen molar-refractivity contribution in [2.45, 2.75) is 18.9 Å². The number of amides is 1. The molecular weight excluding hydrogens is 371 g/mol. The van der Waals surface area contributed by atoms with Gasteiger partial charge in [0.15, 0.2) is 0 Å². The lowest BCUT2D eigenvalue weighted by Gasteiger charge is -2.28. The third-order valence-electron chi connectivity index (χ3n) is 4.69. The molecule has 0 radical (unpaired) electrons. The fourth-order valence-corrected chi connectivity index (χ4v) is 3.81. The van der Waals surface area contributed by atoms with Crippen molar-refractivity contribution in [1.82, 2.24) is 10.2 Å². The van der Waals surface area contributed by atoms with Gasteiger partial charge in [-0.25, -0.2) is 0 Å². The Morgan fingerprint density at radius 2 is 1.96 bits per heavy atom. The Balaban J connectivity index is 1.76. The minimum atomic E-state index is -0.196. The molecule has 0 aliphatic carbocycles.